The Hall–Kier alpha value is -1.58. The first kappa shape index (κ1) is 12.9. The summed E-state index contributed by atoms with van der Waals surface area (Å²) >= 11 is 6.27. The molecule has 94 valence electrons. The van der Waals surface area contributed by atoms with Gasteiger partial charge in [0, 0.05) is 5.56 Å². The van der Waals surface area contributed by atoms with E-state index in [1.807, 2.05) is 38.1 Å². The lowest BCUT2D eigenvalue weighted by Crippen LogP contribution is -1.97. The summed E-state index contributed by atoms with van der Waals surface area (Å²) in [4.78, 5) is 0. The number of benzene rings is 1. The second kappa shape index (κ2) is 4.96. The smallest absolute Gasteiger partial charge is 0.139 e. The number of aliphatic hydroxyl groups excluding tert-OH is 1. The molecule has 1 atom stereocenters. The van der Waals surface area contributed by atoms with Crippen LogP contribution in [-0.4, -0.2) is 14.9 Å². The molecule has 1 aromatic heterocycles. The van der Waals surface area contributed by atoms with E-state index in [0.29, 0.717) is 16.4 Å². The lowest BCUT2D eigenvalue weighted by atomic mass is 10.1. The monoisotopic (exact) mass is 262 g/mol. The molecule has 2 rings (SSSR count). The lowest BCUT2D eigenvalue weighted by Gasteiger charge is -2.06. The van der Waals surface area contributed by atoms with E-state index in [2.05, 4.69) is 11.7 Å². The zero-order chi connectivity index (χ0) is 13.3. The van der Waals surface area contributed by atoms with Gasteiger partial charge in [-0.15, -0.1) is 6.58 Å². The summed E-state index contributed by atoms with van der Waals surface area (Å²) in [7, 11) is 0. The normalized spacial score (nSPS) is 12.4. The predicted molar refractivity (Wildman–Crippen MR) is 73.2 cm³/mol. The molecule has 1 N–H and O–H groups in total. The van der Waals surface area contributed by atoms with Gasteiger partial charge in [0.15, 0.2) is 0 Å². The Kier molecular flexibility index (Phi) is 3.55. The zero-order valence-electron chi connectivity index (χ0n) is 10.4. The molecule has 1 aromatic carbocycles. The van der Waals surface area contributed by atoms with Gasteiger partial charge >= 0.3 is 0 Å². The van der Waals surface area contributed by atoms with Crippen LogP contribution in [0.2, 0.25) is 5.15 Å². The molecule has 4 heteroatoms. The molecule has 0 amide bonds. The molecule has 0 radical (unpaired) electrons. The van der Waals surface area contributed by atoms with E-state index in [4.69, 9.17) is 11.6 Å². The Balaban J connectivity index is 2.53. The molecule has 0 fully saturated rings. The van der Waals surface area contributed by atoms with Gasteiger partial charge in [-0.1, -0.05) is 35.4 Å². The first-order chi connectivity index (χ1) is 8.54. The molecule has 0 bridgehead atoms. The molecule has 1 heterocycles. The standard InChI is InChI=1S/C14H15ClN2O/c1-4-12(18)13-10(3)16-17(14(13)15)11-7-5-9(2)6-8-11/h4-8,12,18H,1H2,2-3H3. The Labute approximate surface area is 111 Å². The van der Waals surface area contributed by atoms with Gasteiger partial charge < -0.3 is 5.11 Å². The van der Waals surface area contributed by atoms with Crippen molar-refractivity contribution in [1.29, 1.82) is 0 Å². The van der Waals surface area contributed by atoms with Crippen molar-refractivity contribution in [1.82, 2.24) is 9.78 Å². The lowest BCUT2D eigenvalue weighted by molar-refractivity contribution is 0.228. The van der Waals surface area contributed by atoms with Gasteiger partial charge in [-0.25, -0.2) is 4.68 Å². The third kappa shape index (κ3) is 2.19. The van der Waals surface area contributed by atoms with Crippen molar-refractivity contribution >= 4 is 11.6 Å². The van der Waals surface area contributed by atoms with Crippen molar-refractivity contribution in [2.24, 2.45) is 0 Å². The largest absolute Gasteiger partial charge is 0.384 e. The van der Waals surface area contributed by atoms with Crippen LogP contribution < -0.4 is 0 Å². The molecule has 0 aliphatic heterocycles. The maximum atomic E-state index is 9.84. The van der Waals surface area contributed by atoms with Crippen LogP contribution in [0.25, 0.3) is 5.69 Å². The zero-order valence-corrected chi connectivity index (χ0v) is 11.1. The number of nitrogens with zero attached hydrogens (tertiary/aromatic N) is 2. The van der Waals surface area contributed by atoms with E-state index >= 15 is 0 Å². The van der Waals surface area contributed by atoms with Crippen molar-refractivity contribution in [3.8, 4) is 5.69 Å². The molecule has 0 spiro atoms. The molecule has 0 saturated carbocycles. The van der Waals surface area contributed by atoms with Gasteiger partial charge in [0.1, 0.15) is 11.3 Å². The first-order valence-corrected chi connectivity index (χ1v) is 6.05. The fraction of sp³-hybridized carbons (Fsp3) is 0.214. The van der Waals surface area contributed by atoms with Crippen LogP contribution in [0.1, 0.15) is 22.9 Å². The molecule has 3 nitrogen and oxygen atoms in total. The molecular weight excluding hydrogens is 248 g/mol. The number of rotatable bonds is 3. The number of aromatic nitrogens is 2. The Bertz CT molecular complexity index is 572. The average molecular weight is 263 g/mol. The minimum absolute atomic E-state index is 0.420. The number of halogens is 1. The van der Waals surface area contributed by atoms with Crippen molar-refractivity contribution in [3.63, 3.8) is 0 Å². The highest BCUT2D eigenvalue weighted by atomic mass is 35.5. The summed E-state index contributed by atoms with van der Waals surface area (Å²) in [6.45, 7) is 7.41. The number of hydrogen-bond acceptors (Lipinski definition) is 2. The van der Waals surface area contributed by atoms with Gasteiger partial charge in [-0.2, -0.15) is 5.10 Å². The van der Waals surface area contributed by atoms with Crippen molar-refractivity contribution in [2.75, 3.05) is 0 Å². The van der Waals surface area contributed by atoms with Crippen LogP contribution >= 0.6 is 11.6 Å². The summed E-state index contributed by atoms with van der Waals surface area (Å²) in [6.07, 6.45) is 0.645. The van der Waals surface area contributed by atoms with E-state index in [-0.39, 0.29) is 0 Å². The van der Waals surface area contributed by atoms with E-state index < -0.39 is 6.10 Å². The van der Waals surface area contributed by atoms with E-state index in [1.54, 1.807) is 4.68 Å². The Morgan fingerprint density at radius 3 is 2.50 bits per heavy atom. The third-order valence-corrected chi connectivity index (χ3v) is 3.21. The van der Waals surface area contributed by atoms with Crippen molar-refractivity contribution < 1.29 is 5.11 Å². The van der Waals surface area contributed by atoms with E-state index in [9.17, 15) is 5.11 Å². The second-order valence-corrected chi connectivity index (χ2v) is 4.58. The van der Waals surface area contributed by atoms with E-state index in [0.717, 1.165) is 5.69 Å². The van der Waals surface area contributed by atoms with Crippen molar-refractivity contribution in [3.05, 3.63) is 58.9 Å². The highest BCUT2D eigenvalue weighted by molar-refractivity contribution is 6.30. The molecular formula is C14H15ClN2O. The predicted octanol–water partition coefficient (Wildman–Crippen LogP) is 3.36. The molecule has 18 heavy (non-hydrogen) atoms. The highest BCUT2D eigenvalue weighted by Crippen LogP contribution is 2.29. The summed E-state index contributed by atoms with van der Waals surface area (Å²) < 4.78 is 1.62. The highest BCUT2D eigenvalue weighted by Gasteiger charge is 2.19. The van der Waals surface area contributed by atoms with Crippen LogP contribution in [0.15, 0.2) is 36.9 Å². The summed E-state index contributed by atoms with van der Waals surface area (Å²) in [6, 6.07) is 7.87. The van der Waals surface area contributed by atoms with Crippen LogP contribution in [0.5, 0.6) is 0 Å². The molecule has 0 aliphatic rings. The molecule has 0 aliphatic carbocycles. The van der Waals surface area contributed by atoms with Crippen LogP contribution in [0, 0.1) is 13.8 Å². The maximum absolute atomic E-state index is 9.84. The Morgan fingerprint density at radius 1 is 1.33 bits per heavy atom. The number of hydrogen-bond donors (Lipinski definition) is 1. The molecule has 2 aromatic rings. The topological polar surface area (TPSA) is 38.1 Å². The fourth-order valence-corrected chi connectivity index (χ4v) is 2.21. The molecule has 1 unspecified atom stereocenters. The van der Waals surface area contributed by atoms with Crippen LogP contribution in [-0.2, 0) is 0 Å². The second-order valence-electron chi connectivity index (χ2n) is 4.22. The molecule has 0 saturated heterocycles. The van der Waals surface area contributed by atoms with E-state index in [1.165, 1.54) is 11.6 Å². The first-order valence-electron chi connectivity index (χ1n) is 5.67. The summed E-state index contributed by atoms with van der Waals surface area (Å²) in [5.74, 6) is 0. The Morgan fingerprint density at radius 2 is 1.94 bits per heavy atom. The number of aliphatic hydroxyl groups is 1. The van der Waals surface area contributed by atoms with Gasteiger partial charge in [0.2, 0.25) is 0 Å². The summed E-state index contributed by atoms with van der Waals surface area (Å²) in [5, 5.41) is 14.6. The maximum Gasteiger partial charge on any atom is 0.139 e. The quantitative estimate of drug-likeness (QED) is 0.862. The SMILES string of the molecule is C=CC(O)c1c(C)nn(-c2ccc(C)cc2)c1Cl. The van der Waals surface area contributed by atoms with Crippen LogP contribution in [0.3, 0.4) is 0 Å². The van der Waals surface area contributed by atoms with Crippen LogP contribution in [0.4, 0.5) is 0 Å². The van der Waals surface area contributed by atoms with Gasteiger partial charge in [-0.3, -0.25) is 0 Å². The number of aryl methyl sites for hydroxylation is 2. The van der Waals surface area contributed by atoms with Gasteiger partial charge in [0.25, 0.3) is 0 Å². The van der Waals surface area contributed by atoms with Crippen molar-refractivity contribution in [2.45, 2.75) is 20.0 Å². The summed E-state index contributed by atoms with van der Waals surface area (Å²) in [5.41, 5.74) is 3.35. The fourth-order valence-electron chi connectivity index (χ4n) is 1.82. The third-order valence-electron chi connectivity index (χ3n) is 2.85. The minimum atomic E-state index is -0.795. The van der Waals surface area contributed by atoms with Gasteiger partial charge in [0.05, 0.1) is 11.4 Å². The minimum Gasteiger partial charge on any atom is -0.384 e. The average Bonchev–Trinajstić information content (AvgIpc) is 2.65. The van der Waals surface area contributed by atoms with Gasteiger partial charge in [-0.05, 0) is 26.0 Å².